The van der Waals surface area contributed by atoms with E-state index in [-0.39, 0.29) is 24.4 Å². The van der Waals surface area contributed by atoms with Gasteiger partial charge in [-0.25, -0.2) is 12.8 Å². The maximum absolute atomic E-state index is 13.2. The van der Waals surface area contributed by atoms with Gasteiger partial charge in [0.25, 0.3) is 0 Å². The van der Waals surface area contributed by atoms with Gasteiger partial charge in [0, 0.05) is 6.54 Å². The van der Waals surface area contributed by atoms with Crippen LogP contribution in [0.5, 0.6) is 0 Å². The molecule has 2 aromatic rings. The lowest BCUT2D eigenvalue weighted by atomic mass is 9.95. The van der Waals surface area contributed by atoms with E-state index in [9.17, 15) is 22.4 Å². The minimum atomic E-state index is -4.07. The average Bonchev–Trinajstić information content (AvgIpc) is 2.71. The molecule has 0 spiro atoms. The molecule has 1 N–H and O–H groups in total. The van der Waals surface area contributed by atoms with Crippen molar-refractivity contribution in [2.75, 3.05) is 13.7 Å². The third-order valence-electron chi connectivity index (χ3n) is 4.56. The number of benzene rings is 2. The molecule has 1 aliphatic heterocycles. The quantitative estimate of drug-likeness (QED) is 0.754. The summed E-state index contributed by atoms with van der Waals surface area (Å²) < 4.78 is 45.1. The zero-order chi connectivity index (χ0) is 20.3. The summed E-state index contributed by atoms with van der Waals surface area (Å²) in [6.07, 6.45) is 0.156. The molecule has 3 rings (SSSR count). The number of fused-ring (bicyclic) bond motifs is 1. The normalized spacial score (nSPS) is 16.9. The number of rotatable bonds is 5. The Balaban J connectivity index is 1.96. The number of hydrogen-bond donors (Lipinski definition) is 1. The van der Waals surface area contributed by atoms with Gasteiger partial charge in [-0.15, -0.1) is 0 Å². The van der Waals surface area contributed by atoms with Gasteiger partial charge in [0.15, 0.2) is 0 Å². The number of nitrogens with zero attached hydrogens (tertiary/aromatic N) is 1. The highest BCUT2D eigenvalue weighted by Gasteiger charge is 2.39. The van der Waals surface area contributed by atoms with Gasteiger partial charge in [0.2, 0.25) is 15.9 Å². The first-order chi connectivity index (χ1) is 13.3. The van der Waals surface area contributed by atoms with Crippen LogP contribution in [0.15, 0.2) is 53.4 Å². The van der Waals surface area contributed by atoms with Crippen molar-refractivity contribution in [2.24, 2.45) is 0 Å². The van der Waals surface area contributed by atoms with Gasteiger partial charge in [-0.3, -0.25) is 9.59 Å². The third kappa shape index (κ3) is 4.05. The third-order valence-corrected chi connectivity index (χ3v) is 6.43. The number of methoxy groups -OCH3 is 1. The van der Waals surface area contributed by atoms with Crippen molar-refractivity contribution < 1.29 is 27.1 Å². The number of carbonyl (C=O) groups is 2. The Morgan fingerprint density at radius 3 is 2.43 bits per heavy atom. The van der Waals surface area contributed by atoms with Crippen LogP contribution in [0.3, 0.4) is 0 Å². The van der Waals surface area contributed by atoms with Crippen LogP contribution in [0.2, 0.25) is 0 Å². The molecule has 1 heterocycles. The molecule has 0 bridgehead atoms. The fraction of sp³-hybridized carbons (Fsp3) is 0.263. The second kappa shape index (κ2) is 8.07. The Hall–Kier alpha value is -2.78. The van der Waals surface area contributed by atoms with Crippen LogP contribution in [0, 0.1) is 5.82 Å². The second-order valence-electron chi connectivity index (χ2n) is 6.29. The van der Waals surface area contributed by atoms with Crippen molar-refractivity contribution in [3.05, 3.63) is 65.5 Å². The van der Waals surface area contributed by atoms with Gasteiger partial charge in [-0.05, 0) is 41.8 Å². The van der Waals surface area contributed by atoms with Crippen LogP contribution in [0.25, 0.3) is 0 Å². The predicted molar refractivity (Wildman–Crippen MR) is 98.1 cm³/mol. The van der Waals surface area contributed by atoms with Gasteiger partial charge in [0.1, 0.15) is 18.4 Å². The molecule has 0 saturated carbocycles. The van der Waals surface area contributed by atoms with Gasteiger partial charge in [-0.2, -0.15) is 4.31 Å². The fourth-order valence-corrected chi connectivity index (χ4v) is 4.63. The van der Waals surface area contributed by atoms with E-state index in [2.05, 4.69) is 10.1 Å². The zero-order valence-electron chi connectivity index (χ0n) is 15.1. The van der Waals surface area contributed by atoms with E-state index in [1.54, 1.807) is 12.1 Å². The first kappa shape index (κ1) is 20.0. The number of halogens is 1. The lowest BCUT2D eigenvalue weighted by Crippen LogP contribution is -2.53. The van der Waals surface area contributed by atoms with E-state index >= 15 is 0 Å². The highest BCUT2D eigenvalue weighted by molar-refractivity contribution is 7.89. The van der Waals surface area contributed by atoms with E-state index in [1.807, 2.05) is 12.1 Å². The van der Waals surface area contributed by atoms with Crippen molar-refractivity contribution in [3.63, 3.8) is 0 Å². The molecule has 0 fully saturated rings. The van der Waals surface area contributed by atoms with E-state index in [4.69, 9.17) is 0 Å². The number of carbonyl (C=O) groups excluding carboxylic acids is 2. The predicted octanol–water partition coefficient (Wildman–Crippen LogP) is 1.23. The van der Waals surface area contributed by atoms with Crippen molar-refractivity contribution >= 4 is 21.9 Å². The summed E-state index contributed by atoms with van der Waals surface area (Å²) in [4.78, 5) is 23.9. The summed E-state index contributed by atoms with van der Waals surface area (Å²) in [5.41, 5.74) is 1.64. The molecule has 1 amide bonds. The molecular formula is C19H19FN2O5S. The molecule has 0 unspecified atom stereocenters. The highest BCUT2D eigenvalue weighted by Crippen LogP contribution is 2.29. The highest BCUT2D eigenvalue weighted by atomic mass is 32.2. The largest absolute Gasteiger partial charge is 0.468 e. The molecule has 1 aliphatic rings. The Morgan fingerprint density at radius 1 is 1.14 bits per heavy atom. The molecule has 2 aromatic carbocycles. The molecule has 0 aliphatic carbocycles. The maximum atomic E-state index is 13.2. The number of esters is 1. The Bertz CT molecular complexity index is 992. The van der Waals surface area contributed by atoms with Gasteiger partial charge in [-0.1, -0.05) is 24.3 Å². The van der Waals surface area contributed by atoms with E-state index in [0.29, 0.717) is 0 Å². The van der Waals surface area contributed by atoms with Crippen LogP contribution in [-0.2, 0) is 37.3 Å². The molecule has 0 saturated heterocycles. The lowest BCUT2D eigenvalue weighted by molar-refractivity contribution is -0.141. The zero-order valence-corrected chi connectivity index (χ0v) is 15.9. The molecule has 1 atom stereocenters. The van der Waals surface area contributed by atoms with Crippen molar-refractivity contribution in [2.45, 2.75) is 23.9 Å². The topological polar surface area (TPSA) is 92.8 Å². The van der Waals surface area contributed by atoms with Crippen LogP contribution >= 0.6 is 0 Å². The molecule has 0 aromatic heterocycles. The van der Waals surface area contributed by atoms with Gasteiger partial charge >= 0.3 is 5.97 Å². The van der Waals surface area contributed by atoms with Crippen LogP contribution in [0.1, 0.15) is 11.1 Å². The molecule has 9 heteroatoms. The second-order valence-corrected chi connectivity index (χ2v) is 8.18. The smallest absolute Gasteiger partial charge is 0.325 e. The molecular weight excluding hydrogens is 387 g/mol. The summed E-state index contributed by atoms with van der Waals surface area (Å²) in [6.45, 7) is -0.371. The Kier molecular flexibility index (Phi) is 5.76. The van der Waals surface area contributed by atoms with E-state index in [0.717, 1.165) is 39.7 Å². The summed E-state index contributed by atoms with van der Waals surface area (Å²) in [5.74, 6) is -1.81. The molecule has 28 heavy (non-hydrogen) atoms. The molecule has 0 radical (unpaired) electrons. The summed E-state index contributed by atoms with van der Waals surface area (Å²) in [5, 5.41) is 2.42. The van der Waals surface area contributed by atoms with Gasteiger partial charge in [0.05, 0.1) is 12.0 Å². The van der Waals surface area contributed by atoms with Crippen molar-refractivity contribution in [3.8, 4) is 0 Å². The van der Waals surface area contributed by atoms with E-state index in [1.165, 1.54) is 7.11 Å². The maximum Gasteiger partial charge on any atom is 0.325 e. The Labute approximate surface area is 162 Å². The first-order valence-electron chi connectivity index (χ1n) is 8.51. The van der Waals surface area contributed by atoms with Gasteiger partial charge < -0.3 is 10.1 Å². The van der Waals surface area contributed by atoms with Crippen LogP contribution in [0.4, 0.5) is 4.39 Å². The standard InChI is InChI=1S/C19H19FN2O5S/c1-27-18(23)11-21-19(24)17-10-13-4-2-3-5-14(13)12-22(17)28(25,26)16-8-6-15(20)7-9-16/h2-9,17H,10-12H2,1H3,(H,21,24)/t17-/m0/s1. The average molecular weight is 406 g/mol. The minimum Gasteiger partial charge on any atom is -0.468 e. The number of hydrogen-bond acceptors (Lipinski definition) is 5. The lowest BCUT2D eigenvalue weighted by Gasteiger charge is -2.35. The summed E-state index contributed by atoms with van der Waals surface area (Å²) in [7, 11) is -2.88. The molecule has 7 nitrogen and oxygen atoms in total. The Morgan fingerprint density at radius 2 is 1.79 bits per heavy atom. The summed E-state index contributed by atoms with van der Waals surface area (Å²) in [6, 6.07) is 10.6. The van der Waals surface area contributed by atoms with Crippen molar-refractivity contribution in [1.82, 2.24) is 9.62 Å². The van der Waals surface area contributed by atoms with E-state index < -0.39 is 33.8 Å². The van der Waals surface area contributed by atoms with Crippen LogP contribution in [-0.4, -0.2) is 44.3 Å². The number of amides is 1. The summed E-state index contributed by atoms with van der Waals surface area (Å²) >= 11 is 0. The number of sulfonamides is 1. The van der Waals surface area contributed by atoms with Crippen molar-refractivity contribution in [1.29, 1.82) is 0 Å². The number of ether oxygens (including phenoxy) is 1. The first-order valence-corrected chi connectivity index (χ1v) is 9.95. The minimum absolute atomic E-state index is 0.00774. The fourth-order valence-electron chi connectivity index (χ4n) is 3.07. The molecule has 148 valence electrons. The monoisotopic (exact) mass is 406 g/mol. The SMILES string of the molecule is COC(=O)CNC(=O)[C@@H]1Cc2ccccc2CN1S(=O)(=O)c1ccc(F)cc1. The number of nitrogens with one attached hydrogen (secondary N) is 1. The van der Waals surface area contributed by atoms with Crippen LogP contribution < -0.4 is 5.32 Å².